The van der Waals surface area contributed by atoms with Crippen molar-refractivity contribution >= 4 is 7.52 Å². The minimum absolute atomic E-state index is 0.172. The summed E-state index contributed by atoms with van der Waals surface area (Å²) >= 11 is 0. The molecule has 4 heteroatoms. The molecule has 0 radical (unpaired) electrons. The lowest BCUT2D eigenvalue weighted by atomic mass is 9.92. The summed E-state index contributed by atoms with van der Waals surface area (Å²) in [6.07, 6.45) is 0.473. The van der Waals surface area contributed by atoms with E-state index in [4.69, 9.17) is 4.52 Å². The predicted molar refractivity (Wildman–Crippen MR) is 88.5 cm³/mol. The first-order valence-electron chi connectivity index (χ1n) is 7.66. The third-order valence-corrected chi connectivity index (χ3v) is 7.40. The number of benzene rings is 1. The first-order valence-corrected chi connectivity index (χ1v) is 9.43. The van der Waals surface area contributed by atoms with Crippen LogP contribution in [0.5, 0.6) is 0 Å². The van der Waals surface area contributed by atoms with Gasteiger partial charge in [0.2, 0.25) is 0 Å². The van der Waals surface area contributed by atoms with Crippen LogP contribution < -0.4 is 0 Å². The van der Waals surface area contributed by atoms with E-state index in [0.717, 1.165) is 12.1 Å². The van der Waals surface area contributed by atoms with Crippen LogP contribution >= 0.6 is 7.52 Å². The Morgan fingerprint density at radius 2 is 1.86 bits per heavy atom. The van der Waals surface area contributed by atoms with Crippen molar-refractivity contribution in [2.24, 2.45) is 5.92 Å². The molecule has 2 rings (SSSR count). The van der Waals surface area contributed by atoms with Gasteiger partial charge in [0.1, 0.15) is 0 Å². The zero-order chi connectivity index (χ0) is 15.9. The molecule has 0 unspecified atom stereocenters. The molecule has 1 fully saturated rings. The second-order valence-electron chi connectivity index (χ2n) is 7.63. The molecule has 1 aliphatic heterocycles. The molecule has 0 aromatic heterocycles. The van der Waals surface area contributed by atoms with Gasteiger partial charge in [-0.2, -0.15) is 0 Å². The Hall–Kier alpha value is -0.630. The number of hydrogen-bond acceptors (Lipinski definition) is 2. The molecule has 118 valence electrons. The fourth-order valence-corrected chi connectivity index (χ4v) is 6.10. The Kier molecular flexibility index (Phi) is 4.41. The van der Waals surface area contributed by atoms with E-state index in [2.05, 4.69) is 46.2 Å². The van der Waals surface area contributed by atoms with E-state index in [9.17, 15) is 4.57 Å². The lowest BCUT2D eigenvalue weighted by Gasteiger charge is -2.51. The van der Waals surface area contributed by atoms with Gasteiger partial charge in [0.05, 0.1) is 11.8 Å². The van der Waals surface area contributed by atoms with Gasteiger partial charge in [0, 0.05) is 12.1 Å². The first-order chi connectivity index (χ1) is 9.55. The highest BCUT2D eigenvalue weighted by atomic mass is 31.2. The lowest BCUT2D eigenvalue weighted by Crippen LogP contribution is -2.52. The maximum Gasteiger partial charge on any atom is 0.277 e. The molecule has 1 saturated heterocycles. The Morgan fingerprint density at radius 1 is 1.29 bits per heavy atom. The topological polar surface area (TPSA) is 29.5 Å². The molecule has 1 aromatic rings. The fourth-order valence-electron chi connectivity index (χ4n) is 2.77. The van der Waals surface area contributed by atoms with Crippen LogP contribution in [0.25, 0.3) is 0 Å². The summed E-state index contributed by atoms with van der Waals surface area (Å²) in [7, 11) is -2.89. The van der Waals surface area contributed by atoms with Crippen LogP contribution in [0.3, 0.4) is 0 Å². The number of hydrogen-bond donors (Lipinski definition) is 0. The van der Waals surface area contributed by atoms with Crippen molar-refractivity contribution in [2.45, 2.75) is 58.8 Å². The normalized spacial score (nSPS) is 30.3. The van der Waals surface area contributed by atoms with Gasteiger partial charge in [-0.3, -0.25) is 4.57 Å². The third kappa shape index (κ3) is 3.59. The monoisotopic (exact) mass is 309 g/mol. The summed E-state index contributed by atoms with van der Waals surface area (Å²) in [5.41, 5.74) is 0.543. The van der Waals surface area contributed by atoms with Gasteiger partial charge in [0.15, 0.2) is 0 Å². The largest absolute Gasteiger partial charge is 0.311 e. The quantitative estimate of drug-likeness (QED) is 0.726. The summed E-state index contributed by atoms with van der Waals surface area (Å²) < 4.78 is 21.9. The highest BCUT2D eigenvalue weighted by Gasteiger charge is 2.50. The van der Waals surface area contributed by atoms with Crippen LogP contribution in [-0.2, 0) is 15.3 Å². The second kappa shape index (κ2) is 5.53. The molecular formula is C17H28NO2P. The molecule has 0 amide bonds. The first kappa shape index (κ1) is 16.7. The van der Waals surface area contributed by atoms with Gasteiger partial charge in [0.25, 0.3) is 7.52 Å². The van der Waals surface area contributed by atoms with Crippen molar-refractivity contribution in [2.75, 3.05) is 6.54 Å². The van der Waals surface area contributed by atoms with E-state index in [-0.39, 0.29) is 11.1 Å². The molecule has 1 aromatic carbocycles. The molecule has 3 nitrogen and oxygen atoms in total. The Morgan fingerprint density at radius 3 is 2.38 bits per heavy atom. The summed E-state index contributed by atoms with van der Waals surface area (Å²) in [6.45, 7) is 13.4. The van der Waals surface area contributed by atoms with Crippen molar-refractivity contribution in [1.29, 1.82) is 0 Å². The molecule has 21 heavy (non-hydrogen) atoms. The van der Waals surface area contributed by atoms with Crippen LogP contribution in [0.2, 0.25) is 0 Å². The van der Waals surface area contributed by atoms with E-state index in [0.29, 0.717) is 12.1 Å². The highest BCUT2D eigenvalue weighted by Crippen LogP contribution is 2.63. The minimum Gasteiger partial charge on any atom is -0.311 e. The Balaban J connectivity index is 2.37. The van der Waals surface area contributed by atoms with Crippen molar-refractivity contribution < 1.29 is 9.09 Å². The van der Waals surface area contributed by atoms with Crippen LogP contribution in [0.4, 0.5) is 0 Å². The number of nitrogens with zero attached hydrogens (tertiary/aromatic N) is 1. The van der Waals surface area contributed by atoms with Gasteiger partial charge in [-0.1, -0.05) is 37.3 Å². The van der Waals surface area contributed by atoms with Gasteiger partial charge < -0.3 is 4.52 Å². The van der Waals surface area contributed by atoms with Crippen LogP contribution in [0.15, 0.2) is 30.3 Å². The van der Waals surface area contributed by atoms with E-state index < -0.39 is 7.52 Å². The molecule has 1 aliphatic rings. The SMILES string of the molecule is C[C@@H]1CN(C(C)(C)C)[P@@](=O)(Cc2ccccc2)OC1(C)C. The van der Waals surface area contributed by atoms with Gasteiger partial charge in [-0.25, -0.2) is 4.67 Å². The average Bonchev–Trinajstić information content (AvgIpc) is 2.33. The highest BCUT2D eigenvalue weighted by molar-refractivity contribution is 7.55. The predicted octanol–water partition coefficient (Wildman–Crippen LogP) is 4.93. The average molecular weight is 309 g/mol. The van der Waals surface area contributed by atoms with Crippen molar-refractivity contribution in [3.8, 4) is 0 Å². The summed E-state index contributed by atoms with van der Waals surface area (Å²) in [5, 5.41) is 0. The maximum atomic E-state index is 13.6. The van der Waals surface area contributed by atoms with Crippen molar-refractivity contribution in [3.05, 3.63) is 35.9 Å². The van der Waals surface area contributed by atoms with E-state index in [1.165, 1.54) is 0 Å². The fraction of sp³-hybridized carbons (Fsp3) is 0.647. The summed E-state index contributed by atoms with van der Waals surface area (Å²) in [5.74, 6) is 0.342. The molecule has 0 spiro atoms. The second-order valence-corrected chi connectivity index (χ2v) is 9.89. The van der Waals surface area contributed by atoms with Crippen LogP contribution in [0.1, 0.15) is 47.1 Å². The standard InChI is InChI=1S/C17H28NO2P/c1-14-12-18(16(2,3)4)21(19,20-17(14,5)6)13-15-10-8-7-9-11-15/h7-11,14H,12-13H2,1-6H3/t14-,21-/m1/s1. The summed E-state index contributed by atoms with van der Waals surface area (Å²) in [6, 6.07) is 10.00. The van der Waals surface area contributed by atoms with E-state index >= 15 is 0 Å². The Labute approximate surface area is 129 Å². The van der Waals surface area contributed by atoms with E-state index in [1.807, 2.05) is 30.3 Å². The zero-order valence-electron chi connectivity index (χ0n) is 14.1. The zero-order valence-corrected chi connectivity index (χ0v) is 15.0. The van der Waals surface area contributed by atoms with Gasteiger partial charge >= 0.3 is 0 Å². The minimum atomic E-state index is -2.89. The van der Waals surface area contributed by atoms with Crippen LogP contribution in [0, 0.1) is 5.92 Å². The summed E-state index contributed by atoms with van der Waals surface area (Å²) in [4.78, 5) is 0. The molecular weight excluding hydrogens is 281 g/mol. The molecule has 0 aliphatic carbocycles. The van der Waals surface area contributed by atoms with E-state index in [1.54, 1.807) is 0 Å². The van der Waals surface area contributed by atoms with Crippen molar-refractivity contribution in [3.63, 3.8) is 0 Å². The van der Waals surface area contributed by atoms with Crippen LogP contribution in [-0.4, -0.2) is 22.4 Å². The Bertz CT molecular complexity index is 533. The molecule has 1 heterocycles. The molecule has 0 N–H and O–H groups in total. The number of rotatable bonds is 2. The lowest BCUT2D eigenvalue weighted by molar-refractivity contribution is -0.0139. The third-order valence-electron chi connectivity index (χ3n) is 4.38. The van der Waals surface area contributed by atoms with Gasteiger partial charge in [-0.15, -0.1) is 0 Å². The van der Waals surface area contributed by atoms with Gasteiger partial charge in [-0.05, 0) is 46.1 Å². The van der Waals surface area contributed by atoms with Crippen molar-refractivity contribution in [1.82, 2.24) is 4.67 Å². The molecule has 2 atom stereocenters. The molecule has 0 saturated carbocycles. The maximum absolute atomic E-state index is 13.6. The smallest absolute Gasteiger partial charge is 0.277 e. The molecule has 0 bridgehead atoms.